The number of hydrogen-bond acceptors (Lipinski definition) is 4. The maximum absolute atomic E-state index is 13.7. The van der Waals surface area contributed by atoms with E-state index in [0.29, 0.717) is 19.6 Å². The van der Waals surface area contributed by atoms with E-state index < -0.39 is 5.92 Å². The molecule has 2 amide bonds. The van der Waals surface area contributed by atoms with Crippen molar-refractivity contribution >= 4 is 11.8 Å². The van der Waals surface area contributed by atoms with Crippen LogP contribution in [-0.2, 0) is 16.1 Å². The van der Waals surface area contributed by atoms with Gasteiger partial charge in [0.2, 0.25) is 11.8 Å². The van der Waals surface area contributed by atoms with Gasteiger partial charge < -0.3 is 19.1 Å². The molecular formula is C24H27N3O4. The van der Waals surface area contributed by atoms with E-state index in [2.05, 4.69) is 0 Å². The van der Waals surface area contributed by atoms with Crippen molar-refractivity contribution in [1.29, 1.82) is 0 Å². The van der Waals surface area contributed by atoms with E-state index in [1.807, 2.05) is 39.8 Å². The monoisotopic (exact) mass is 421 g/mol. The number of methoxy groups -OCH3 is 1. The molecule has 2 aromatic rings. The summed E-state index contributed by atoms with van der Waals surface area (Å²) in [5, 5.41) is 0. The average molecular weight is 421 g/mol. The van der Waals surface area contributed by atoms with Crippen molar-refractivity contribution in [2.75, 3.05) is 27.2 Å². The SMILES string of the molecule is COc1ccc([C@@H]2[C@H](C(=O)N3C[C@@H]4C[C@H](C3)c3cccc(=O)n3C4)CC(=O)N2C)cc1. The topological polar surface area (TPSA) is 71.8 Å². The summed E-state index contributed by atoms with van der Waals surface area (Å²) in [6, 6.07) is 12.7. The van der Waals surface area contributed by atoms with Crippen LogP contribution >= 0.6 is 0 Å². The summed E-state index contributed by atoms with van der Waals surface area (Å²) in [6.07, 6.45) is 1.23. The van der Waals surface area contributed by atoms with Crippen molar-refractivity contribution in [2.45, 2.75) is 31.3 Å². The molecule has 0 saturated carbocycles. The number of amides is 2. The van der Waals surface area contributed by atoms with Gasteiger partial charge in [0.15, 0.2) is 0 Å². The van der Waals surface area contributed by atoms with Gasteiger partial charge in [0.05, 0.1) is 19.1 Å². The third-order valence-corrected chi connectivity index (χ3v) is 7.15. The van der Waals surface area contributed by atoms with Crippen LogP contribution in [0.3, 0.4) is 0 Å². The lowest BCUT2D eigenvalue weighted by Gasteiger charge is -2.43. The van der Waals surface area contributed by atoms with E-state index in [9.17, 15) is 14.4 Å². The Morgan fingerprint density at radius 3 is 2.55 bits per heavy atom. The molecule has 162 valence electrons. The first-order valence-corrected chi connectivity index (χ1v) is 10.8. The molecule has 0 spiro atoms. The fraction of sp³-hybridized carbons (Fsp3) is 0.458. The van der Waals surface area contributed by atoms with Crippen LogP contribution in [0.15, 0.2) is 47.3 Å². The van der Waals surface area contributed by atoms with Crippen LogP contribution in [0.1, 0.15) is 36.1 Å². The minimum absolute atomic E-state index is 0.00623. The van der Waals surface area contributed by atoms with Crippen LogP contribution in [0.4, 0.5) is 0 Å². The smallest absolute Gasteiger partial charge is 0.250 e. The second kappa shape index (κ2) is 7.55. The Morgan fingerprint density at radius 1 is 1.03 bits per heavy atom. The Hall–Kier alpha value is -3.09. The highest BCUT2D eigenvalue weighted by atomic mass is 16.5. The van der Waals surface area contributed by atoms with Gasteiger partial charge >= 0.3 is 0 Å². The number of likely N-dealkylation sites (tertiary alicyclic amines) is 2. The highest BCUT2D eigenvalue weighted by Crippen LogP contribution is 2.41. The maximum atomic E-state index is 13.7. The lowest BCUT2D eigenvalue weighted by molar-refractivity contribution is -0.139. The Balaban J connectivity index is 1.41. The van der Waals surface area contributed by atoms with Gasteiger partial charge in [-0.15, -0.1) is 0 Å². The molecule has 3 aliphatic heterocycles. The number of carbonyl (C=O) groups is 2. The summed E-state index contributed by atoms with van der Waals surface area (Å²) in [4.78, 5) is 42.1. The molecule has 2 fully saturated rings. The lowest BCUT2D eigenvalue weighted by Crippen LogP contribution is -2.51. The van der Waals surface area contributed by atoms with Crippen LogP contribution in [0, 0.1) is 11.8 Å². The summed E-state index contributed by atoms with van der Waals surface area (Å²) in [7, 11) is 3.39. The zero-order chi connectivity index (χ0) is 21.7. The summed E-state index contributed by atoms with van der Waals surface area (Å²) in [5.41, 5.74) is 2.00. The molecular weight excluding hydrogens is 394 g/mol. The molecule has 0 N–H and O–H groups in total. The Bertz CT molecular complexity index is 1080. The highest BCUT2D eigenvalue weighted by Gasteiger charge is 2.46. The number of aromatic nitrogens is 1. The first-order valence-electron chi connectivity index (χ1n) is 10.8. The number of benzene rings is 1. The molecule has 7 nitrogen and oxygen atoms in total. The third-order valence-electron chi connectivity index (χ3n) is 7.15. The predicted molar refractivity (Wildman–Crippen MR) is 115 cm³/mol. The maximum Gasteiger partial charge on any atom is 0.250 e. The number of rotatable bonds is 3. The lowest BCUT2D eigenvalue weighted by atomic mass is 9.82. The van der Waals surface area contributed by atoms with Crippen LogP contribution in [-0.4, -0.2) is 53.4 Å². The Labute approximate surface area is 181 Å². The van der Waals surface area contributed by atoms with Gasteiger partial charge in [-0.05, 0) is 36.1 Å². The van der Waals surface area contributed by atoms with Crippen molar-refractivity contribution in [3.8, 4) is 5.75 Å². The van der Waals surface area contributed by atoms with E-state index >= 15 is 0 Å². The van der Waals surface area contributed by atoms with E-state index in [0.717, 1.165) is 23.4 Å². The fourth-order valence-corrected chi connectivity index (χ4v) is 5.66. The van der Waals surface area contributed by atoms with Gasteiger partial charge in [0.1, 0.15) is 5.75 Å². The Kier molecular flexibility index (Phi) is 4.84. The number of hydrogen-bond donors (Lipinski definition) is 0. The zero-order valence-corrected chi connectivity index (χ0v) is 17.9. The van der Waals surface area contributed by atoms with E-state index in [1.165, 1.54) is 0 Å². The van der Waals surface area contributed by atoms with Gasteiger partial charge in [0.25, 0.3) is 5.56 Å². The molecule has 1 aromatic carbocycles. The second-order valence-corrected chi connectivity index (χ2v) is 8.97. The average Bonchev–Trinajstić information content (AvgIpc) is 3.08. The number of ether oxygens (including phenoxy) is 1. The molecule has 0 unspecified atom stereocenters. The van der Waals surface area contributed by atoms with Crippen LogP contribution < -0.4 is 10.3 Å². The highest BCUT2D eigenvalue weighted by molar-refractivity contribution is 5.90. The first-order chi connectivity index (χ1) is 15.0. The standard InChI is InChI=1S/C24H27N3O4/c1-25-22(29)11-19(23(25)16-6-8-18(31-2)9-7-16)24(30)26-12-15-10-17(14-26)20-4-3-5-21(28)27(20)13-15/h3-9,15,17,19,23H,10-14H2,1-2H3/t15-,17+,19+,23+/m0/s1. The van der Waals surface area contributed by atoms with Crippen molar-refractivity contribution in [2.24, 2.45) is 11.8 Å². The fourth-order valence-electron chi connectivity index (χ4n) is 5.66. The largest absolute Gasteiger partial charge is 0.497 e. The van der Waals surface area contributed by atoms with Gasteiger partial charge in [0, 0.05) is 50.8 Å². The zero-order valence-electron chi connectivity index (χ0n) is 17.9. The van der Waals surface area contributed by atoms with E-state index in [4.69, 9.17) is 4.74 Å². The number of nitrogens with zero attached hydrogens (tertiary/aromatic N) is 3. The third kappa shape index (κ3) is 3.32. The van der Waals surface area contributed by atoms with Crippen molar-refractivity contribution < 1.29 is 14.3 Å². The molecule has 3 aliphatic rings. The molecule has 2 saturated heterocycles. The molecule has 0 aliphatic carbocycles. The number of piperidine rings is 1. The predicted octanol–water partition coefficient (Wildman–Crippen LogP) is 2.02. The molecule has 4 atom stereocenters. The summed E-state index contributed by atoms with van der Waals surface area (Å²) >= 11 is 0. The van der Waals surface area contributed by atoms with E-state index in [-0.39, 0.29) is 41.7 Å². The van der Waals surface area contributed by atoms with Gasteiger partial charge in [-0.2, -0.15) is 0 Å². The van der Waals surface area contributed by atoms with Crippen LogP contribution in [0.5, 0.6) is 5.75 Å². The molecule has 5 rings (SSSR count). The normalized spacial score (nSPS) is 27.2. The van der Waals surface area contributed by atoms with E-state index in [1.54, 1.807) is 31.2 Å². The molecule has 4 heterocycles. The van der Waals surface area contributed by atoms with Gasteiger partial charge in [-0.25, -0.2) is 0 Å². The van der Waals surface area contributed by atoms with Crippen molar-refractivity contribution in [3.05, 3.63) is 64.1 Å². The summed E-state index contributed by atoms with van der Waals surface area (Å²) < 4.78 is 7.12. The second-order valence-electron chi connectivity index (χ2n) is 8.97. The number of carbonyl (C=O) groups excluding carboxylic acids is 2. The molecule has 0 radical (unpaired) electrons. The molecule has 1 aromatic heterocycles. The Morgan fingerprint density at radius 2 is 1.81 bits per heavy atom. The van der Waals surface area contributed by atoms with Crippen molar-refractivity contribution in [1.82, 2.24) is 14.4 Å². The quantitative estimate of drug-likeness (QED) is 0.760. The van der Waals surface area contributed by atoms with Crippen LogP contribution in [0.2, 0.25) is 0 Å². The first kappa shape index (κ1) is 19.8. The molecule has 31 heavy (non-hydrogen) atoms. The van der Waals surface area contributed by atoms with Crippen molar-refractivity contribution in [3.63, 3.8) is 0 Å². The minimum Gasteiger partial charge on any atom is -0.497 e. The molecule has 2 bridgehead atoms. The van der Waals surface area contributed by atoms with Gasteiger partial charge in [-0.3, -0.25) is 14.4 Å². The van der Waals surface area contributed by atoms with Gasteiger partial charge in [-0.1, -0.05) is 18.2 Å². The summed E-state index contributed by atoms with van der Waals surface area (Å²) in [5.74, 6) is 0.816. The number of fused-ring (bicyclic) bond motifs is 4. The van der Waals surface area contributed by atoms with Crippen LogP contribution in [0.25, 0.3) is 0 Å². The number of pyridine rings is 1. The summed E-state index contributed by atoms with van der Waals surface area (Å²) in [6.45, 7) is 1.89. The molecule has 7 heteroatoms. The minimum atomic E-state index is -0.400.